The molecule has 0 saturated carbocycles. The highest BCUT2D eigenvalue weighted by atomic mass is 79.9. The van der Waals surface area contributed by atoms with Gasteiger partial charge in [-0.2, -0.15) is 0 Å². The molecule has 1 unspecified atom stereocenters. The van der Waals surface area contributed by atoms with Gasteiger partial charge in [0.2, 0.25) is 0 Å². The molecular formula is C12H18BrN3. The van der Waals surface area contributed by atoms with Gasteiger partial charge < -0.3 is 5.73 Å². The third kappa shape index (κ3) is 3.27. The maximum atomic E-state index is 5.73. The Labute approximate surface area is 105 Å². The summed E-state index contributed by atoms with van der Waals surface area (Å²) in [4.78, 5) is 6.86. The molecule has 0 aliphatic carbocycles. The number of rotatable bonds is 3. The Hall–Kier alpha value is -0.450. The van der Waals surface area contributed by atoms with Crippen LogP contribution < -0.4 is 5.73 Å². The minimum Gasteiger partial charge on any atom is -0.330 e. The number of pyridine rings is 1. The summed E-state index contributed by atoms with van der Waals surface area (Å²) in [6.07, 6.45) is 4.40. The summed E-state index contributed by atoms with van der Waals surface area (Å²) in [6.45, 7) is 4.05. The van der Waals surface area contributed by atoms with E-state index in [2.05, 4.69) is 31.9 Å². The fourth-order valence-electron chi connectivity index (χ4n) is 2.22. The average Bonchev–Trinajstić information content (AvgIpc) is 2.32. The highest BCUT2D eigenvalue weighted by Crippen LogP contribution is 2.17. The Morgan fingerprint density at radius 3 is 3.06 bits per heavy atom. The zero-order valence-electron chi connectivity index (χ0n) is 9.40. The van der Waals surface area contributed by atoms with E-state index in [1.165, 1.54) is 19.4 Å². The predicted molar refractivity (Wildman–Crippen MR) is 69.0 cm³/mol. The Morgan fingerprint density at radius 1 is 1.50 bits per heavy atom. The first-order valence-electron chi connectivity index (χ1n) is 5.81. The Morgan fingerprint density at radius 2 is 2.38 bits per heavy atom. The molecule has 16 heavy (non-hydrogen) atoms. The van der Waals surface area contributed by atoms with Crippen molar-refractivity contribution < 1.29 is 0 Å². The van der Waals surface area contributed by atoms with E-state index in [4.69, 9.17) is 5.73 Å². The number of likely N-dealkylation sites (tertiary alicyclic amines) is 1. The van der Waals surface area contributed by atoms with Gasteiger partial charge in [-0.05, 0) is 59.9 Å². The number of hydrogen-bond donors (Lipinski definition) is 1. The van der Waals surface area contributed by atoms with Crippen molar-refractivity contribution in [2.75, 3.05) is 19.6 Å². The molecule has 1 aromatic heterocycles. The van der Waals surface area contributed by atoms with E-state index >= 15 is 0 Å². The summed E-state index contributed by atoms with van der Waals surface area (Å²) >= 11 is 3.40. The van der Waals surface area contributed by atoms with Crippen molar-refractivity contribution in [3.8, 4) is 0 Å². The summed E-state index contributed by atoms with van der Waals surface area (Å²) in [5.74, 6) is 0.671. The molecule has 2 N–H and O–H groups in total. The average molecular weight is 284 g/mol. The molecule has 0 amide bonds. The highest BCUT2D eigenvalue weighted by Gasteiger charge is 2.18. The molecule has 4 heteroatoms. The summed E-state index contributed by atoms with van der Waals surface area (Å²) in [5, 5.41) is 0. The van der Waals surface area contributed by atoms with Crippen molar-refractivity contribution >= 4 is 15.9 Å². The van der Waals surface area contributed by atoms with Crippen molar-refractivity contribution in [3.05, 3.63) is 28.5 Å². The van der Waals surface area contributed by atoms with E-state index in [1.807, 2.05) is 12.3 Å². The molecule has 1 saturated heterocycles. The van der Waals surface area contributed by atoms with Gasteiger partial charge in [0.25, 0.3) is 0 Å². The molecule has 1 fully saturated rings. The number of nitrogens with two attached hydrogens (primary N) is 1. The van der Waals surface area contributed by atoms with Crippen LogP contribution >= 0.6 is 15.9 Å². The van der Waals surface area contributed by atoms with Crippen molar-refractivity contribution in [1.29, 1.82) is 0 Å². The fraction of sp³-hybridized carbons (Fsp3) is 0.583. The first-order valence-corrected chi connectivity index (χ1v) is 6.60. The van der Waals surface area contributed by atoms with E-state index in [1.54, 1.807) is 0 Å². The van der Waals surface area contributed by atoms with Crippen LogP contribution in [0.1, 0.15) is 18.5 Å². The van der Waals surface area contributed by atoms with Gasteiger partial charge in [0, 0.05) is 23.8 Å². The van der Waals surface area contributed by atoms with Crippen LogP contribution in [0.3, 0.4) is 0 Å². The maximum Gasteiger partial charge on any atom is 0.0544 e. The molecule has 0 bridgehead atoms. The largest absolute Gasteiger partial charge is 0.330 e. The maximum absolute atomic E-state index is 5.73. The molecule has 0 aromatic carbocycles. The van der Waals surface area contributed by atoms with Crippen LogP contribution in [0, 0.1) is 5.92 Å². The molecule has 0 spiro atoms. The van der Waals surface area contributed by atoms with Gasteiger partial charge in [0.05, 0.1) is 5.69 Å². The van der Waals surface area contributed by atoms with Crippen LogP contribution in [-0.4, -0.2) is 29.5 Å². The Kier molecular flexibility index (Phi) is 4.32. The molecule has 1 atom stereocenters. The van der Waals surface area contributed by atoms with E-state index in [9.17, 15) is 0 Å². The van der Waals surface area contributed by atoms with Crippen LogP contribution in [0.25, 0.3) is 0 Å². The van der Waals surface area contributed by atoms with Gasteiger partial charge in [-0.15, -0.1) is 0 Å². The second-order valence-corrected chi connectivity index (χ2v) is 5.36. The van der Waals surface area contributed by atoms with Gasteiger partial charge in [-0.25, -0.2) is 0 Å². The number of hydrogen-bond acceptors (Lipinski definition) is 3. The predicted octanol–water partition coefficient (Wildman–Crippen LogP) is 2.01. The van der Waals surface area contributed by atoms with Gasteiger partial charge in [-0.1, -0.05) is 0 Å². The summed E-state index contributed by atoms with van der Waals surface area (Å²) in [7, 11) is 0. The topological polar surface area (TPSA) is 42.1 Å². The van der Waals surface area contributed by atoms with Gasteiger partial charge in [-0.3, -0.25) is 9.88 Å². The lowest BCUT2D eigenvalue weighted by atomic mass is 9.98. The quantitative estimate of drug-likeness (QED) is 0.923. The standard InChI is InChI=1S/C12H18BrN3/c13-11-3-4-12(15-7-11)9-16-5-1-2-10(6-14)8-16/h3-4,7,10H,1-2,5-6,8-9,14H2. The molecule has 1 aliphatic heterocycles. The number of nitrogens with zero attached hydrogens (tertiary/aromatic N) is 2. The second kappa shape index (κ2) is 5.75. The molecule has 2 rings (SSSR count). The first-order chi connectivity index (χ1) is 7.78. The van der Waals surface area contributed by atoms with Crippen molar-refractivity contribution in [1.82, 2.24) is 9.88 Å². The molecule has 0 radical (unpaired) electrons. The molecule has 2 heterocycles. The lowest BCUT2D eigenvalue weighted by Gasteiger charge is -2.31. The minimum atomic E-state index is 0.671. The molecule has 1 aliphatic rings. The number of halogens is 1. The lowest BCUT2D eigenvalue weighted by molar-refractivity contribution is 0.169. The first kappa shape index (κ1) is 12.0. The summed E-state index contributed by atoms with van der Waals surface area (Å²) in [6, 6.07) is 4.13. The smallest absolute Gasteiger partial charge is 0.0544 e. The molecular weight excluding hydrogens is 266 g/mol. The van der Waals surface area contributed by atoms with Crippen LogP contribution in [0.15, 0.2) is 22.8 Å². The van der Waals surface area contributed by atoms with E-state index in [0.29, 0.717) is 5.92 Å². The van der Waals surface area contributed by atoms with Crippen LogP contribution in [-0.2, 0) is 6.54 Å². The highest BCUT2D eigenvalue weighted by molar-refractivity contribution is 9.10. The van der Waals surface area contributed by atoms with Crippen molar-refractivity contribution in [2.24, 2.45) is 11.7 Å². The normalized spacial score (nSPS) is 22.2. The monoisotopic (exact) mass is 283 g/mol. The van der Waals surface area contributed by atoms with Gasteiger partial charge >= 0.3 is 0 Å². The second-order valence-electron chi connectivity index (χ2n) is 4.45. The lowest BCUT2D eigenvalue weighted by Crippen LogP contribution is -2.38. The third-order valence-corrected chi connectivity index (χ3v) is 3.58. The number of aromatic nitrogens is 1. The molecule has 1 aromatic rings. The van der Waals surface area contributed by atoms with E-state index < -0.39 is 0 Å². The summed E-state index contributed by atoms with van der Waals surface area (Å²) in [5.41, 5.74) is 6.87. The van der Waals surface area contributed by atoms with E-state index in [-0.39, 0.29) is 0 Å². The minimum absolute atomic E-state index is 0.671. The van der Waals surface area contributed by atoms with Gasteiger partial charge in [0.15, 0.2) is 0 Å². The van der Waals surface area contributed by atoms with Crippen molar-refractivity contribution in [3.63, 3.8) is 0 Å². The van der Waals surface area contributed by atoms with Crippen LogP contribution in [0.2, 0.25) is 0 Å². The zero-order chi connectivity index (χ0) is 11.4. The van der Waals surface area contributed by atoms with Crippen molar-refractivity contribution in [2.45, 2.75) is 19.4 Å². The Bertz CT molecular complexity index is 326. The molecule has 3 nitrogen and oxygen atoms in total. The fourth-order valence-corrected chi connectivity index (χ4v) is 2.45. The van der Waals surface area contributed by atoms with E-state index in [0.717, 1.165) is 29.8 Å². The van der Waals surface area contributed by atoms with Gasteiger partial charge in [0.1, 0.15) is 0 Å². The Balaban J connectivity index is 1.91. The SMILES string of the molecule is NCC1CCCN(Cc2ccc(Br)cn2)C1. The summed E-state index contributed by atoms with van der Waals surface area (Å²) < 4.78 is 1.04. The zero-order valence-corrected chi connectivity index (χ0v) is 11.0. The molecule has 88 valence electrons. The third-order valence-electron chi connectivity index (χ3n) is 3.11. The van der Waals surface area contributed by atoms with Crippen LogP contribution in [0.4, 0.5) is 0 Å². The number of piperidine rings is 1. The van der Waals surface area contributed by atoms with Crippen LogP contribution in [0.5, 0.6) is 0 Å².